The van der Waals surface area contributed by atoms with Crippen LogP contribution in [0.3, 0.4) is 0 Å². The van der Waals surface area contributed by atoms with Crippen LogP contribution < -0.4 is 5.32 Å². The van der Waals surface area contributed by atoms with Crippen molar-refractivity contribution in [2.75, 3.05) is 19.0 Å². The molecule has 2 rings (SSSR count). The minimum atomic E-state index is 0.202. The van der Waals surface area contributed by atoms with Gasteiger partial charge >= 0.3 is 0 Å². The maximum Gasteiger partial charge on any atom is 0.207 e. The third-order valence-electron chi connectivity index (χ3n) is 2.73. The predicted molar refractivity (Wildman–Crippen MR) is 81.2 cm³/mol. The van der Waals surface area contributed by atoms with Crippen molar-refractivity contribution < 1.29 is 4.74 Å². The van der Waals surface area contributed by atoms with Crippen molar-refractivity contribution in [3.05, 3.63) is 40.1 Å². The zero-order chi connectivity index (χ0) is 13.8. The molecule has 0 aliphatic carbocycles. The molecule has 4 nitrogen and oxygen atoms in total. The molecule has 1 N–H and O–H groups in total. The number of hydrogen-bond acceptors (Lipinski definition) is 3. The Morgan fingerprint density at radius 3 is 3.05 bits per heavy atom. The van der Waals surface area contributed by atoms with Gasteiger partial charge in [0.05, 0.1) is 18.3 Å². The van der Waals surface area contributed by atoms with E-state index < -0.39 is 0 Å². The van der Waals surface area contributed by atoms with Crippen molar-refractivity contribution in [3.8, 4) is 0 Å². The van der Waals surface area contributed by atoms with Crippen molar-refractivity contribution >= 4 is 39.2 Å². The lowest BCUT2D eigenvalue weighted by Crippen LogP contribution is -2.12. The second kappa shape index (κ2) is 6.41. The molecule has 0 amide bonds. The van der Waals surface area contributed by atoms with Crippen LogP contribution >= 0.6 is 27.5 Å². The normalized spacial score (nSPS) is 12.4. The predicted octanol–water partition coefficient (Wildman–Crippen LogP) is 4.25. The number of benzene rings is 1. The summed E-state index contributed by atoms with van der Waals surface area (Å²) in [5, 5.41) is 3.94. The van der Waals surface area contributed by atoms with Gasteiger partial charge in [-0.05, 0) is 41.1 Å². The molecule has 1 aromatic carbocycles. The van der Waals surface area contributed by atoms with E-state index in [9.17, 15) is 0 Å². The van der Waals surface area contributed by atoms with Gasteiger partial charge in [0, 0.05) is 29.0 Å². The largest absolute Gasteiger partial charge is 0.383 e. The third-order valence-corrected chi connectivity index (χ3v) is 3.65. The molecule has 1 aromatic heterocycles. The Hall–Kier alpha value is -1.04. The lowest BCUT2D eigenvalue weighted by molar-refractivity contribution is 0.163. The highest BCUT2D eigenvalue weighted by Crippen LogP contribution is 2.29. The van der Waals surface area contributed by atoms with Crippen molar-refractivity contribution in [1.82, 2.24) is 9.55 Å². The molecular formula is C13H15BrClN3O. The Morgan fingerprint density at radius 2 is 2.32 bits per heavy atom. The average Bonchev–Trinajstić information content (AvgIpc) is 2.82. The van der Waals surface area contributed by atoms with Crippen LogP contribution in [0.15, 0.2) is 35.1 Å². The number of ether oxygens (including phenoxy) is 1. The molecule has 0 aliphatic rings. The summed E-state index contributed by atoms with van der Waals surface area (Å²) in [6.07, 6.45) is 3.68. The number of imidazole rings is 1. The van der Waals surface area contributed by atoms with E-state index in [1.807, 2.05) is 29.0 Å². The van der Waals surface area contributed by atoms with E-state index in [2.05, 4.69) is 33.2 Å². The molecule has 0 radical (unpaired) electrons. The van der Waals surface area contributed by atoms with Gasteiger partial charge in [0.2, 0.25) is 5.95 Å². The van der Waals surface area contributed by atoms with Gasteiger partial charge in [-0.15, -0.1) is 0 Å². The summed E-state index contributed by atoms with van der Waals surface area (Å²) >= 11 is 9.49. The van der Waals surface area contributed by atoms with Gasteiger partial charge in [-0.1, -0.05) is 11.6 Å². The molecule has 0 bridgehead atoms. The number of rotatable bonds is 5. The number of hydrogen-bond donors (Lipinski definition) is 1. The zero-order valence-electron chi connectivity index (χ0n) is 10.7. The number of anilines is 2. The first-order chi connectivity index (χ1) is 9.11. The Bertz CT molecular complexity index is 559. The second-order valence-electron chi connectivity index (χ2n) is 4.21. The van der Waals surface area contributed by atoms with Crippen LogP contribution in [-0.2, 0) is 4.74 Å². The summed E-state index contributed by atoms with van der Waals surface area (Å²) < 4.78 is 8.13. The fraction of sp³-hybridized carbons (Fsp3) is 0.308. The van der Waals surface area contributed by atoms with E-state index >= 15 is 0 Å². The Balaban J connectivity index is 2.24. The van der Waals surface area contributed by atoms with Gasteiger partial charge in [0.15, 0.2) is 0 Å². The van der Waals surface area contributed by atoms with Crippen LogP contribution in [-0.4, -0.2) is 23.3 Å². The maximum atomic E-state index is 6.00. The number of aromatic nitrogens is 2. The van der Waals surface area contributed by atoms with Gasteiger partial charge in [-0.3, -0.25) is 0 Å². The van der Waals surface area contributed by atoms with Gasteiger partial charge in [-0.2, -0.15) is 0 Å². The molecule has 1 heterocycles. The van der Waals surface area contributed by atoms with Crippen LogP contribution in [0.25, 0.3) is 0 Å². The van der Waals surface area contributed by atoms with Crippen LogP contribution in [0.4, 0.5) is 11.6 Å². The standard InChI is InChI=1S/C13H15BrClN3O/c1-9(8-19-2)18-6-5-16-13(18)17-12-7-10(15)3-4-11(12)14/h3-7,9H,8H2,1-2H3,(H,16,17). The van der Waals surface area contributed by atoms with Crippen LogP contribution in [0.2, 0.25) is 5.02 Å². The van der Waals surface area contributed by atoms with E-state index in [1.54, 1.807) is 13.3 Å². The first kappa shape index (κ1) is 14.4. The molecule has 19 heavy (non-hydrogen) atoms. The van der Waals surface area contributed by atoms with Crippen molar-refractivity contribution in [3.63, 3.8) is 0 Å². The van der Waals surface area contributed by atoms with Crippen molar-refractivity contribution in [2.45, 2.75) is 13.0 Å². The summed E-state index contributed by atoms with van der Waals surface area (Å²) in [6.45, 7) is 2.70. The Kier molecular flexibility index (Phi) is 4.85. The van der Waals surface area contributed by atoms with Crippen molar-refractivity contribution in [2.24, 2.45) is 0 Å². The highest BCUT2D eigenvalue weighted by molar-refractivity contribution is 9.10. The Morgan fingerprint density at radius 1 is 1.53 bits per heavy atom. The summed E-state index contributed by atoms with van der Waals surface area (Å²) in [7, 11) is 1.69. The highest BCUT2D eigenvalue weighted by atomic mass is 79.9. The minimum absolute atomic E-state index is 0.202. The third kappa shape index (κ3) is 3.49. The van der Waals surface area contributed by atoms with Gasteiger partial charge in [0.25, 0.3) is 0 Å². The number of nitrogens with zero attached hydrogens (tertiary/aromatic N) is 2. The highest BCUT2D eigenvalue weighted by Gasteiger charge is 2.11. The molecule has 102 valence electrons. The smallest absolute Gasteiger partial charge is 0.207 e. The van der Waals surface area contributed by atoms with Gasteiger partial charge in [-0.25, -0.2) is 4.98 Å². The summed E-state index contributed by atoms with van der Waals surface area (Å²) in [6, 6.07) is 5.78. The lowest BCUT2D eigenvalue weighted by Gasteiger charge is -2.16. The van der Waals surface area contributed by atoms with E-state index in [-0.39, 0.29) is 6.04 Å². The van der Waals surface area contributed by atoms with Crippen LogP contribution in [0, 0.1) is 0 Å². The molecule has 0 saturated carbocycles. The topological polar surface area (TPSA) is 39.1 Å². The molecule has 1 unspecified atom stereocenters. The minimum Gasteiger partial charge on any atom is -0.383 e. The molecule has 0 saturated heterocycles. The van der Waals surface area contributed by atoms with Crippen LogP contribution in [0.1, 0.15) is 13.0 Å². The van der Waals surface area contributed by atoms with E-state index in [1.165, 1.54) is 0 Å². The first-order valence-electron chi connectivity index (χ1n) is 5.85. The summed E-state index contributed by atoms with van der Waals surface area (Å²) in [5.41, 5.74) is 0.879. The second-order valence-corrected chi connectivity index (χ2v) is 5.50. The first-order valence-corrected chi connectivity index (χ1v) is 7.02. The molecule has 2 aromatic rings. The fourth-order valence-electron chi connectivity index (χ4n) is 1.80. The summed E-state index contributed by atoms with van der Waals surface area (Å²) in [5.74, 6) is 0.757. The average molecular weight is 345 g/mol. The van der Waals surface area contributed by atoms with E-state index in [0.29, 0.717) is 11.6 Å². The lowest BCUT2D eigenvalue weighted by atomic mass is 10.3. The zero-order valence-corrected chi connectivity index (χ0v) is 13.1. The number of halogens is 2. The SMILES string of the molecule is COCC(C)n1ccnc1Nc1cc(Cl)ccc1Br. The maximum absolute atomic E-state index is 6.00. The number of methoxy groups -OCH3 is 1. The van der Waals surface area contributed by atoms with Crippen molar-refractivity contribution in [1.29, 1.82) is 0 Å². The fourth-order valence-corrected chi connectivity index (χ4v) is 2.32. The van der Waals surface area contributed by atoms with Gasteiger partial charge < -0.3 is 14.6 Å². The molecule has 0 aliphatic heterocycles. The number of nitrogens with one attached hydrogen (secondary N) is 1. The van der Waals surface area contributed by atoms with Gasteiger partial charge in [0.1, 0.15) is 0 Å². The Labute approximate surface area is 125 Å². The molecule has 1 atom stereocenters. The van der Waals surface area contributed by atoms with Crippen LogP contribution in [0.5, 0.6) is 0 Å². The summed E-state index contributed by atoms with van der Waals surface area (Å²) in [4.78, 5) is 4.32. The van der Waals surface area contributed by atoms with E-state index in [4.69, 9.17) is 16.3 Å². The molecular weight excluding hydrogens is 330 g/mol. The monoisotopic (exact) mass is 343 g/mol. The molecule has 0 fully saturated rings. The molecule has 6 heteroatoms. The van der Waals surface area contributed by atoms with E-state index in [0.717, 1.165) is 16.1 Å². The molecule has 0 spiro atoms. The quantitative estimate of drug-likeness (QED) is 0.881.